The first-order chi connectivity index (χ1) is 12.2. The van der Waals surface area contributed by atoms with Crippen molar-refractivity contribution in [1.29, 1.82) is 0 Å². The Hall–Kier alpha value is -2.12. The lowest BCUT2D eigenvalue weighted by Crippen LogP contribution is -2.05. The number of rotatable bonds is 3. The Labute approximate surface area is 157 Å². The SMILES string of the molecule is Clc1cc(Cn2nnc(-c3ccccc3Br)n2)cc2c1OCCCO2. The van der Waals surface area contributed by atoms with Gasteiger partial charge in [-0.15, -0.1) is 10.2 Å². The molecule has 2 aromatic carbocycles. The van der Waals surface area contributed by atoms with E-state index in [1.165, 1.54) is 4.80 Å². The van der Waals surface area contributed by atoms with Gasteiger partial charge in [0.2, 0.25) is 5.82 Å². The fourth-order valence-corrected chi connectivity index (χ4v) is 3.35. The molecule has 1 aliphatic heterocycles. The summed E-state index contributed by atoms with van der Waals surface area (Å²) in [7, 11) is 0. The minimum atomic E-state index is 0.438. The largest absolute Gasteiger partial charge is 0.489 e. The van der Waals surface area contributed by atoms with Crippen molar-refractivity contribution in [3.8, 4) is 22.9 Å². The van der Waals surface area contributed by atoms with Gasteiger partial charge >= 0.3 is 0 Å². The Morgan fingerprint density at radius 2 is 2.00 bits per heavy atom. The monoisotopic (exact) mass is 420 g/mol. The Morgan fingerprint density at radius 3 is 2.88 bits per heavy atom. The molecule has 1 aliphatic rings. The van der Waals surface area contributed by atoms with E-state index in [4.69, 9.17) is 21.1 Å². The van der Waals surface area contributed by atoms with Crippen LogP contribution in [-0.2, 0) is 6.54 Å². The molecule has 3 aromatic rings. The second-order valence-corrected chi connectivity index (χ2v) is 6.84. The maximum atomic E-state index is 6.33. The third kappa shape index (κ3) is 3.48. The second kappa shape index (κ2) is 7.01. The molecule has 0 bridgehead atoms. The van der Waals surface area contributed by atoms with Crippen LogP contribution in [0.1, 0.15) is 12.0 Å². The molecular weight excluding hydrogens is 408 g/mol. The second-order valence-electron chi connectivity index (χ2n) is 5.58. The number of ether oxygens (including phenoxy) is 2. The molecule has 0 fully saturated rings. The molecule has 0 saturated heterocycles. The van der Waals surface area contributed by atoms with Crippen molar-refractivity contribution in [2.75, 3.05) is 13.2 Å². The summed E-state index contributed by atoms with van der Waals surface area (Å²) in [6, 6.07) is 11.5. The molecule has 0 saturated carbocycles. The number of hydrogen-bond acceptors (Lipinski definition) is 5. The molecule has 0 spiro atoms. The van der Waals surface area contributed by atoms with Crippen molar-refractivity contribution >= 4 is 27.5 Å². The molecule has 4 rings (SSSR count). The number of aromatic nitrogens is 4. The Morgan fingerprint density at radius 1 is 1.16 bits per heavy atom. The predicted molar refractivity (Wildman–Crippen MR) is 97.1 cm³/mol. The number of nitrogens with zero attached hydrogens (tertiary/aromatic N) is 4. The molecule has 8 heteroatoms. The third-order valence-electron chi connectivity index (χ3n) is 3.75. The summed E-state index contributed by atoms with van der Waals surface area (Å²) in [5.41, 5.74) is 1.82. The molecule has 2 heterocycles. The van der Waals surface area contributed by atoms with Crippen LogP contribution in [0.25, 0.3) is 11.4 Å². The number of hydrogen-bond donors (Lipinski definition) is 0. The number of halogens is 2. The van der Waals surface area contributed by atoms with Crippen molar-refractivity contribution in [2.45, 2.75) is 13.0 Å². The van der Waals surface area contributed by atoms with E-state index in [1.807, 2.05) is 36.4 Å². The summed E-state index contributed by atoms with van der Waals surface area (Å²) < 4.78 is 12.3. The van der Waals surface area contributed by atoms with Crippen LogP contribution >= 0.6 is 27.5 Å². The van der Waals surface area contributed by atoms with Crippen LogP contribution in [0, 0.1) is 0 Å². The summed E-state index contributed by atoms with van der Waals surface area (Å²) in [5, 5.41) is 13.2. The third-order valence-corrected chi connectivity index (χ3v) is 4.73. The highest BCUT2D eigenvalue weighted by atomic mass is 79.9. The topological polar surface area (TPSA) is 62.1 Å². The van der Waals surface area contributed by atoms with Crippen molar-refractivity contribution in [3.63, 3.8) is 0 Å². The smallest absolute Gasteiger partial charge is 0.206 e. The predicted octanol–water partition coefficient (Wildman–Crippen LogP) is 3.97. The van der Waals surface area contributed by atoms with Crippen LogP contribution in [0.15, 0.2) is 40.9 Å². The van der Waals surface area contributed by atoms with Crippen molar-refractivity contribution < 1.29 is 9.47 Å². The molecule has 0 aliphatic carbocycles. The van der Waals surface area contributed by atoms with E-state index in [9.17, 15) is 0 Å². The van der Waals surface area contributed by atoms with Crippen LogP contribution in [0.5, 0.6) is 11.5 Å². The first-order valence-corrected chi connectivity index (χ1v) is 8.98. The van der Waals surface area contributed by atoms with E-state index in [2.05, 4.69) is 31.3 Å². The van der Waals surface area contributed by atoms with E-state index in [-0.39, 0.29) is 0 Å². The summed E-state index contributed by atoms with van der Waals surface area (Å²) in [6.45, 7) is 1.65. The number of fused-ring (bicyclic) bond motifs is 1. The van der Waals surface area contributed by atoms with Gasteiger partial charge in [-0.3, -0.25) is 0 Å². The van der Waals surface area contributed by atoms with Gasteiger partial charge in [-0.05, 0) is 35.0 Å². The van der Waals surface area contributed by atoms with Crippen LogP contribution in [-0.4, -0.2) is 33.4 Å². The van der Waals surface area contributed by atoms with Crippen LogP contribution in [0.3, 0.4) is 0 Å². The normalized spacial score (nSPS) is 13.5. The van der Waals surface area contributed by atoms with Gasteiger partial charge in [0, 0.05) is 16.5 Å². The fourth-order valence-electron chi connectivity index (χ4n) is 2.60. The van der Waals surface area contributed by atoms with Crippen molar-refractivity contribution in [2.24, 2.45) is 0 Å². The molecule has 6 nitrogen and oxygen atoms in total. The lowest BCUT2D eigenvalue weighted by molar-refractivity contribution is 0.297. The average Bonchev–Trinajstić information content (AvgIpc) is 2.91. The van der Waals surface area contributed by atoms with Gasteiger partial charge < -0.3 is 9.47 Å². The zero-order chi connectivity index (χ0) is 17.2. The molecule has 0 N–H and O–H groups in total. The van der Waals surface area contributed by atoms with Gasteiger partial charge in [-0.2, -0.15) is 4.80 Å². The first kappa shape index (κ1) is 16.4. The van der Waals surface area contributed by atoms with E-state index in [1.54, 1.807) is 0 Å². The lowest BCUT2D eigenvalue weighted by Gasteiger charge is -2.11. The molecule has 0 unspecified atom stereocenters. The quantitative estimate of drug-likeness (QED) is 0.640. The maximum absolute atomic E-state index is 6.33. The summed E-state index contributed by atoms with van der Waals surface area (Å²) in [5.74, 6) is 1.82. The van der Waals surface area contributed by atoms with Crippen LogP contribution in [0.2, 0.25) is 5.02 Å². The van der Waals surface area contributed by atoms with E-state index in [0.717, 1.165) is 22.0 Å². The van der Waals surface area contributed by atoms with Crippen molar-refractivity contribution in [1.82, 2.24) is 20.2 Å². The molecule has 25 heavy (non-hydrogen) atoms. The standard InChI is InChI=1S/C17H14BrClN4O2/c18-13-5-2-1-4-12(13)17-20-22-23(21-17)10-11-8-14(19)16-15(9-11)24-6-3-7-25-16/h1-2,4-5,8-9H,3,6-7,10H2. The van der Waals surface area contributed by atoms with Gasteiger partial charge in [-0.1, -0.05) is 39.7 Å². The lowest BCUT2D eigenvalue weighted by atomic mass is 10.2. The maximum Gasteiger partial charge on any atom is 0.206 e. The molecule has 1 aromatic heterocycles. The van der Waals surface area contributed by atoms with Gasteiger partial charge in [-0.25, -0.2) is 0 Å². The van der Waals surface area contributed by atoms with Gasteiger partial charge in [0.05, 0.1) is 24.8 Å². The molecule has 0 amide bonds. The van der Waals surface area contributed by atoms with Crippen molar-refractivity contribution in [3.05, 3.63) is 51.5 Å². The summed E-state index contributed by atoms with van der Waals surface area (Å²) in [4.78, 5) is 1.53. The fraction of sp³-hybridized carbons (Fsp3) is 0.235. The van der Waals surface area contributed by atoms with Crippen LogP contribution in [0.4, 0.5) is 0 Å². The van der Waals surface area contributed by atoms with Gasteiger partial charge in [0.25, 0.3) is 0 Å². The number of tetrazole rings is 1. The average molecular weight is 422 g/mol. The van der Waals surface area contributed by atoms with Crippen LogP contribution < -0.4 is 9.47 Å². The van der Waals surface area contributed by atoms with Gasteiger partial charge in [0.15, 0.2) is 11.5 Å². The minimum Gasteiger partial charge on any atom is -0.489 e. The highest BCUT2D eigenvalue weighted by molar-refractivity contribution is 9.10. The zero-order valence-corrected chi connectivity index (χ0v) is 15.5. The van der Waals surface area contributed by atoms with E-state index in [0.29, 0.717) is 42.1 Å². The Kier molecular flexibility index (Phi) is 4.59. The molecule has 0 radical (unpaired) electrons. The zero-order valence-electron chi connectivity index (χ0n) is 13.2. The summed E-state index contributed by atoms with van der Waals surface area (Å²) >= 11 is 9.83. The molecule has 0 atom stereocenters. The minimum absolute atomic E-state index is 0.438. The highest BCUT2D eigenvalue weighted by Gasteiger charge is 2.16. The molecule has 128 valence electrons. The molecular formula is C17H14BrClN4O2. The Bertz CT molecular complexity index is 915. The summed E-state index contributed by atoms with van der Waals surface area (Å²) in [6.07, 6.45) is 0.834. The first-order valence-electron chi connectivity index (χ1n) is 7.81. The number of benzene rings is 2. The van der Waals surface area contributed by atoms with E-state index >= 15 is 0 Å². The van der Waals surface area contributed by atoms with E-state index < -0.39 is 0 Å². The highest BCUT2D eigenvalue weighted by Crippen LogP contribution is 2.38. The Balaban J connectivity index is 1.60. The van der Waals surface area contributed by atoms with Gasteiger partial charge in [0.1, 0.15) is 0 Å².